The largest absolute Gasteiger partial charge is 0.347 e. The normalized spacial score (nSPS) is 13.4. The van der Waals surface area contributed by atoms with Crippen LogP contribution in [0.2, 0.25) is 0 Å². The maximum Gasteiger partial charge on any atom is 0.134 e. The Morgan fingerprint density at radius 3 is 2.36 bits per heavy atom. The maximum absolute atomic E-state index is 13.4. The molecule has 0 saturated heterocycles. The van der Waals surface area contributed by atoms with Crippen LogP contribution in [-0.4, -0.2) is 16.9 Å². The number of benzene rings is 1. The number of nitrogens with one attached hydrogen (secondary N) is 1. The second-order valence-electron chi connectivity index (χ2n) is 8.19. The number of amidine groups is 1. The van der Waals surface area contributed by atoms with Gasteiger partial charge in [-0.1, -0.05) is 83.2 Å². The van der Waals surface area contributed by atoms with Crippen molar-refractivity contribution in [2.24, 2.45) is 4.99 Å². The molecule has 1 unspecified atom stereocenters. The van der Waals surface area contributed by atoms with Crippen molar-refractivity contribution in [1.82, 2.24) is 10.3 Å². The van der Waals surface area contributed by atoms with Gasteiger partial charge in [-0.3, -0.25) is 9.98 Å². The van der Waals surface area contributed by atoms with E-state index in [-0.39, 0.29) is 11.9 Å². The molecule has 0 spiro atoms. The van der Waals surface area contributed by atoms with Crippen LogP contribution in [0.3, 0.4) is 0 Å². The summed E-state index contributed by atoms with van der Waals surface area (Å²) in [5.41, 5.74) is 3.69. The summed E-state index contributed by atoms with van der Waals surface area (Å²) in [4.78, 5) is 12.3. The lowest BCUT2D eigenvalue weighted by Crippen LogP contribution is -2.23. The lowest BCUT2D eigenvalue weighted by Gasteiger charge is -2.17. The first-order chi connectivity index (χ1) is 17.4. The summed E-state index contributed by atoms with van der Waals surface area (Å²) in [5.74, 6) is 0.538. The molecule has 1 heterocycles. The Labute approximate surface area is 223 Å². The lowest BCUT2D eigenvalue weighted by molar-refractivity contribution is 0.628. The number of aliphatic imine (C=N–C) groups is 1. The van der Waals surface area contributed by atoms with Gasteiger partial charge in [0.15, 0.2) is 0 Å². The van der Waals surface area contributed by atoms with Gasteiger partial charge in [0.05, 0.1) is 6.04 Å². The Kier molecular flexibility index (Phi) is 15.4. The number of allylic oxidation sites excluding steroid dienone is 4. The number of aromatic nitrogens is 1. The highest BCUT2D eigenvalue weighted by molar-refractivity contribution is 8.06. The molecule has 5 heteroatoms. The zero-order valence-corrected chi connectivity index (χ0v) is 24.2. The van der Waals surface area contributed by atoms with Gasteiger partial charge in [0.25, 0.3) is 0 Å². The van der Waals surface area contributed by atoms with Crippen molar-refractivity contribution in [2.75, 3.05) is 0 Å². The van der Waals surface area contributed by atoms with Crippen LogP contribution in [0.5, 0.6) is 0 Å². The third kappa shape index (κ3) is 10.5. The van der Waals surface area contributed by atoms with Crippen molar-refractivity contribution in [1.29, 1.82) is 0 Å². The Balaban J connectivity index is 0.00000316. The minimum absolute atomic E-state index is 0.0129. The van der Waals surface area contributed by atoms with E-state index in [9.17, 15) is 4.39 Å². The molecule has 1 aromatic carbocycles. The summed E-state index contributed by atoms with van der Waals surface area (Å²) in [6, 6.07) is 8.58. The summed E-state index contributed by atoms with van der Waals surface area (Å²) < 4.78 is 13.4. The predicted molar refractivity (Wildman–Crippen MR) is 159 cm³/mol. The third-order valence-electron chi connectivity index (χ3n) is 5.22. The van der Waals surface area contributed by atoms with Gasteiger partial charge < -0.3 is 5.32 Å². The zero-order chi connectivity index (χ0) is 26.9. The van der Waals surface area contributed by atoms with Gasteiger partial charge >= 0.3 is 0 Å². The molecule has 0 aliphatic heterocycles. The van der Waals surface area contributed by atoms with E-state index in [0.29, 0.717) is 0 Å². The summed E-state index contributed by atoms with van der Waals surface area (Å²) in [7, 11) is 0. The fourth-order valence-electron chi connectivity index (χ4n) is 3.42. The minimum Gasteiger partial charge on any atom is -0.347 e. The average molecular weight is 510 g/mol. The summed E-state index contributed by atoms with van der Waals surface area (Å²) >= 11 is 1.79. The second kappa shape index (κ2) is 17.7. The van der Waals surface area contributed by atoms with Crippen LogP contribution in [0.1, 0.15) is 85.4 Å². The van der Waals surface area contributed by atoms with Crippen molar-refractivity contribution in [2.45, 2.75) is 87.1 Å². The van der Waals surface area contributed by atoms with Crippen molar-refractivity contribution >= 4 is 17.6 Å². The van der Waals surface area contributed by atoms with Crippen molar-refractivity contribution in [3.05, 3.63) is 87.8 Å². The van der Waals surface area contributed by atoms with Crippen LogP contribution in [0.25, 0.3) is 11.1 Å². The fraction of sp³-hybridized carbons (Fsp3) is 0.419. The number of nitrogens with zero attached hydrogens (tertiary/aromatic N) is 2. The first kappa shape index (κ1) is 31.4. The number of thioether (sulfide) groups is 1. The zero-order valence-electron chi connectivity index (χ0n) is 23.4. The van der Waals surface area contributed by atoms with E-state index in [1.165, 1.54) is 21.9 Å². The Hall–Kier alpha value is -2.66. The number of hydrogen-bond donors (Lipinski definition) is 1. The SMILES string of the molecule is CC.CC/C=C(/C)S/C(=C/CC)C(C)N=C(N/C=C/CCC)c1cc(-c2ccc(F)cc2)cnc1C. The molecule has 1 atom stereocenters. The molecule has 1 aromatic heterocycles. The van der Waals surface area contributed by atoms with E-state index in [2.05, 4.69) is 69.2 Å². The van der Waals surface area contributed by atoms with Gasteiger partial charge in [-0.05, 0) is 74.9 Å². The van der Waals surface area contributed by atoms with E-state index in [4.69, 9.17) is 4.99 Å². The van der Waals surface area contributed by atoms with Crippen molar-refractivity contribution < 1.29 is 4.39 Å². The average Bonchev–Trinajstić information content (AvgIpc) is 2.88. The number of pyridine rings is 1. The number of hydrogen-bond acceptors (Lipinski definition) is 3. The smallest absolute Gasteiger partial charge is 0.134 e. The molecule has 2 aromatic rings. The standard InChI is InChI=1S/C29H38FN3S.C2H6/c1-7-10-11-18-31-29(33-23(6)28(13-9-3)34-21(4)12-8-2)27-19-25(20-32-22(27)5)24-14-16-26(30)17-15-24;1-2/h11-20,23H,7-10H2,1-6H3,(H,31,33);1-2H3/b18-11+,21-12-,28-13+;. The summed E-state index contributed by atoms with van der Waals surface area (Å²) in [6.45, 7) is 16.8. The molecule has 1 N–H and O–H groups in total. The van der Waals surface area contributed by atoms with Gasteiger partial charge in [0.2, 0.25) is 0 Å². The Morgan fingerprint density at radius 2 is 1.75 bits per heavy atom. The highest BCUT2D eigenvalue weighted by atomic mass is 32.2. The monoisotopic (exact) mass is 509 g/mol. The number of unbranched alkanes of at least 4 members (excludes halogenated alkanes) is 1. The van der Waals surface area contributed by atoms with Crippen LogP contribution in [0.15, 0.2) is 75.8 Å². The molecular weight excluding hydrogens is 465 g/mol. The predicted octanol–water partition coefficient (Wildman–Crippen LogP) is 9.60. The van der Waals surface area contributed by atoms with Gasteiger partial charge in [-0.2, -0.15) is 0 Å². The van der Waals surface area contributed by atoms with E-state index < -0.39 is 0 Å². The van der Waals surface area contributed by atoms with Crippen molar-refractivity contribution in [3.63, 3.8) is 0 Å². The molecule has 3 nitrogen and oxygen atoms in total. The molecule has 0 amide bonds. The molecule has 0 saturated carbocycles. The molecule has 0 radical (unpaired) electrons. The summed E-state index contributed by atoms with van der Waals surface area (Å²) in [6.07, 6.45) is 14.5. The van der Waals surface area contributed by atoms with Crippen LogP contribution < -0.4 is 5.32 Å². The van der Waals surface area contributed by atoms with Gasteiger partial charge in [0, 0.05) is 27.9 Å². The topological polar surface area (TPSA) is 37.3 Å². The minimum atomic E-state index is -0.247. The second-order valence-corrected chi connectivity index (χ2v) is 9.51. The molecule has 0 aliphatic carbocycles. The number of aryl methyl sites for hydroxylation is 1. The lowest BCUT2D eigenvalue weighted by atomic mass is 10.0. The van der Waals surface area contributed by atoms with E-state index in [1.807, 2.05) is 33.2 Å². The highest BCUT2D eigenvalue weighted by Crippen LogP contribution is 2.30. The van der Waals surface area contributed by atoms with E-state index >= 15 is 0 Å². The molecule has 196 valence electrons. The Bertz CT molecular complexity index is 1040. The van der Waals surface area contributed by atoms with E-state index in [1.54, 1.807) is 23.9 Å². The fourth-order valence-corrected chi connectivity index (χ4v) is 4.51. The van der Waals surface area contributed by atoms with Crippen LogP contribution in [0.4, 0.5) is 4.39 Å². The quantitative estimate of drug-likeness (QED) is 0.242. The third-order valence-corrected chi connectivity index (χ3v) is 6.46. The molecule has 0 bridgehead atoms. The maximum atomic E-state index is 13.4. The van der Waals surface area contributed by atoms with Crippen LogP contribution >= 0.6 is 11.8 Å². The van der Waals surface area contributed by atoms with Crippen molar-refractivity contribution in [3.8, 4) is 11.1 Å². The first-order valence-electron chi connectivity index (χ1n) is 13.2. The first-order valence-corrected chi connectivity index (χ1v) is 14.0. The number of halogens is 1. The van der Waals surface area contributed by atoms with Gasteiger partial charge in [0.1, 0.15) is 11.7 Å². The Morgan fingerprint density at radius 1 is 1.08 bits per heavy atom. The van der Waals surface area contributed by atoms with Gasteiger partial charge in [-0.15, -0.1) is 0 Å². The summed E-state index contributed by atoms with van der Waals surface area (Å²) in [5, 5.41) is 3.42. The molecule has 36 heavy (non-hydrogen) atoms. The van der Waals surface area contributed by atoms with E-state index in [0.717, 1.165) is 53.9 Å². The molecule has 2 rings (SSSR count). The molecular formula is C31H44FN3S. The molecule has 0 fully saturated rings. The van der Waals surface area contributed by atoms with Crippen LogP contribution in [0, 0.1) is 12.7 Å². The number of rotatable bonds is 11. The highest BCUT2D eigenvalue weighted by Gasteiger charge is 2.14. The van der Waals surface area contributed by atoms with Crippen LogP contribution in [-0.2, 0) is 0 Å². The molecule has 0 aliphatic rings. The van der Waals surface area contributed by atoms with Gasteiger partial charge in [-0.25, -0.2) is 4.39 Å².